The van der Waals surface area contributed by atoms with Gasteiger partial charge in [0.15, 0.2) is 0 Å². The second-order valence-corrected chi connectivity index (χ2v) is 5.75. The van der Waals surface area contributed by atoms with E-state index < -0.39 is 6.10 Å². The predicted molar refractivity (Wildman–Crippen MR) is 81.8 cm³/mol. The van der Waals surface area contributed by atoms with Crippen LogP contribution in [0.1, 0.15) is 43.9 Å². The molecule has 1 heterocycles. The number of likely N-dealkylation sites (tertiary alicyclic amines) is 1. The first-order valence-electron chi connectivity index (χ1n) is 7.69. The maximum absolute atomic E-state index is 10.6. The summed E-state index contributed by atoms with van der Waals surface area (Å²) in [4.78, 5) is 2.37. The Labute approximate surface area is 122 Å². The van der Waals surface area contributed by atoms with E-state index in [0.717, 1.165) is 37.9 Å². The summed E-state index contributed by atoms with van der Waals surface area (Å²) in [5.41, 5.74) is 2.33. The molecule has 1 aliphatic rings. The standard InChI is InChI=1S/C17H27NO2/c1-4-14-5-7-15(8-6-14)17(19)13(2)18-11-9-16(20-3)10-12-18/h5-8,13,16-17,19H,4,9-12H2,1-3H3. The van der Waals surface area contributed by atoms with Gasteiger partial charge in [-0.2, -0.15) is 0 Å². The predicted octanol–water partition coefficient (Wildman–Crippen LogP) is 2.78. The molecule has 0 aromatic heterocycles. The number of aryl methyl sites for hydroxylation is 1. The van der Waals surface area contributed by atoms with Crippen LogP contribution in [0.5, 0.6) is 0 Å². The number of rotatable bonds is 5. The summed E-state index contributed by atoms with van der Waals surface area (Å²) in [5, 5.41) is 10.6. The highest BCUT2D eigenvalue weighted by molar-refractivity contribution is 5.25. The highest BCUT2D eigenvalue weighted by atomic mass is 16.5. The average molecular weight is 277 g/mol. The molecule has 3 heteroatoms. The lowest BCUT2D eigenvalue weighted by molar-refractivity contribution is -0.00215. The topological polar surface area (TPSA) is 32.7 Å². The van der Waals surface area contributed by atoms with Crippen molar-refractivity contribution in [2.45, 2.75) is 51.4 Å². The highest BCUT2D eigenvalue weighted by Crippen LogP contribution is 2.24. The van der Waals surface area contributed by atoms with E-state index in [9.17, 15) is 5.11 Å². The number of ether oxygens (including phenoxy) is 1. The molecule has 20 heavy (non-hydrogen) atoms. The van der Waals surface area contributed by atoms with Crippen LogP contribution in [-0.4, -0.2) is 42.4 Å². The van der Waals surface area contributed by atoms with Gasteiger partial charge in [0.25, 0.3) is 0 Å². The number of methoxy groups -OCH3 is 1. The van der Waals surface area contributed by atoms with E-state index in [2.05, 4.69) is 43.0 Å². The van der Waals surface area contributed by atoms with Crippen LogP contribution in [0, 0.1) is 0 Å². The van der Waals surface area contributed by atoms with E-state index in [1.165, 1.54) is 5.56 Å². The van der Waals surface area contributed by atoms with Crippen molar-refractivity contribution in [2.75, 3.05) is 20.2 Å². The number of piperidine rings is 1. The van der Waals surface area contributed by atoms with E-state index in [4.69, 9.17) is 4.74 Å². The first-order chi connectivity index (χ1) is 9.65. The lowest BCUT2D eigenvalue weighted by Gasteiger charge is -2.37. The summed E-state index contributed by atoms with van der Waals surface area (Å²) in [5.74, 6) is 0. The highest BCUT2D eigenvalue weighted by Gasteiger charge is 2.27. The molecular formula is C17H27NO2. The number of hydrogen-bond donors (Lipinski definition) is 1. The van der Waals surface area contributed by atoms with Gasteiger partial charge in [-0.1, -0.05) is 31.2 Å². The molecule has 1 fully saturated rings. The van der Waals surface area contributed by atoms with Crippen LogP contribution >= 0.6 is 0 Å². The second kappa shape index (κ2) is 7.21. The molecule has 1 N–H and O–H groups in total. The van der Waals surface area contributed by atoms with E-state index in [0.29, 0.717) is 6.10 Å². The Bertz CT molecular complexity index is 396. The molecule has 2 rings (SSSR count). The fraction of sp³-hybridized carbons (Fsp3) is 0.647. The number of nitrogens with zero attached hydrogens (tertiary/aromatic N) is 1. The normalized spacial score (nSPS) is 20.8. The Morgan fingerprint density at radius 2 is 1.85 bits per heavy atom. The van der Waals surface area contributed by atoms with Crippen molar-refractivity contribution < 1.29 is 9.84 Å². The van der Waals surface area contributed by atoms with Crippen LogP contribution in [-0.2, 0) is 11.2 Å². The van der Waals surface area contributed by atoms with Crippen molar-refractivity contribution in [1.29, 1.82) is 0 Å². The number of hydrogen-bond acceptors (Lipinski definition) is 3. The Morgan fingerprint density at radius 1 is 1.25 bits per heavy atom. The SMILES string of the molecule is CCc1ccc(C(O)C(C)N2CCC(OC)CC2)cc1. The van der Waals surface area contributed by atoms with Crippen LogP contribution in [0.4, 0.5) is 0 Å². The summed E-state index contributed by atoms with van der Waals surface area (Å²) >= 11 is 0. The van der Waals surface area contributed by atoms with Crippen LogP contribution in [0.3, 0.4) is 0 Å². The molecule has 3 nitrogen and oxygen atoms in total. The van der Waals surface area contributed by atoms with Crippen molar-refractivity contribution in [3.8, 4) is 0 Å². The van der Waals surface area contributed by atoms with Crippen LogP contribution in [0.15, 0.2) is 24.3 Å². The fourth-order valence-electron chi connectivity index (χ4n) is 2.95. The molecule has 0 bridgehead atoms. The van der Waals surface area contributed by atoms with Gasteiger partial charge >= 0.3 is 0 Å². The molecule has 0 aliphatic carbocycles. The third-order valence-electron chi connectivity index (χ3n) is 4.57. The molecule has 1 saturated heterocycles. The minimum atomic E-state index is -0.417. The van der Waals surface area contributed by atoms with Gasteiger partial charge in [0.05, 0.1) is 12.2 Å². The van der Waals surface area contributed by atoms with Gasteiger partial charge < -0.3 is 9.84 Å². The summed E-state index contributed by atoms with van der Waals surface area (Å²) in [7, 11) is 1.79. The summed E-state index contributed by atoms with van der Waals surface area (Å²) in [6.45, 7) is 6.27. The Balaban J connectivity index is 1.95. The third kappa shape index (κ3) is 3.60. The number of aliphatic hydroxyl groups is 1. The second-order valence-electron chi connectivity index (χ2n) is 5.75. The van der Waals surface area contributed by atoms with E-state index in [1.54, 1.807) is 7.11 Å². The largest absolute Gasteiger partial charge is 0.387 e. The van der Waals surface area contributed by atoms with Crippen LogP contribution < -0.4 is 0 Å². The Morgan fingerprint density at radius 3 is 2.35 bits per heavy atom. The molecule has 0 saturated carbocycles. The van der Waals surface area contributed by atoms with Crippen molar-refractivity contribution in [1.82, 2.24) is 4.90 Å². The Hall–Kier alpha value is -0.900. The van der Waals surface area contributed by atoms with E-state index >= 15 is 0 Å². The molecule has 1 aliphatic heterocycles. The molecule has 2 unspecified atom stereocenters. The van der Waals surface area contributed by atoms with Crippen molar-refractivity contribution >= 4 is 0 Å². The minimum Gasteiger partial charge on any atom is -0.387 e. The minimum absolute atomic E-state index is 0.153. The fourth-order valence-corrected chi connectivity index (χ4v) is 2.95. The quantitative estimate of drug-likeness (QED) is 0.898. The van der Waals surface area contributed by atoms with Gasteiger partial charge in [0.2, 0.25) is 0 Å². The number of benzene rings is 1. The smallest absolute Gasteiger partial charge is 0.0942 e. The van der Waals surface area contributed by atoms with Crippen molar-refractivity contribution in [2.24, 2.45) is 0 Å². The molecule has 1 aromatic rings. The summed E-state index contributed by atoms with van der Waals surface area (Å²) in [6.07, 6.45) is 3.13. The van der Waals surface area contributed by atoms with E-state index in [1.807, 2.05) is 0 Å². The maximum Gasteiger partial charge on any atom is 0.0942 e. The van der Waals surface area contributed by atoms with Gasteiger partial charge in [0, 0.05) is 26.2 Å². The lowest BCUT2D eigenvalue weighted by Crippen LogP contribution is -2.44. The average Bonchev–Trinajstić information content (AvgIpc) is 2.53. The first-order valence-corrected chi connectivity index (χ1v) is 7.69. The number of aliphatic hydroxyl groups excluding tert-OH is 1. The van der Waals surface area contributed by atoms with Gasteiger partial charge in [-0.15, -0.1) is 0 Å². The van der Waals surface area contributed by atoms with Gasteiger partial charge in [-0.25, -0.2) is 0 Å². The zero-order chi connectivity index (χ0) is 14.5. The van der Waals surface area contributed by atoms with Crippen molar-refractivity contribution in [3.05, 3.63) is 35.4 Å². The molecule has 2 atom stereocenters. The molecule has 1 aromatic carbocycles. The molecule has 0 spiro atoms. The maximum atomic E-state index is 10.6. The zero-order valence-corrected chi connectivity index (χ0v) is 12.9. The molecule has 0 amide bonds. The molecular weight excluding hydrogens is 250 g/mol. The lowest BCUT2D eigenvalue weighted by atomic mass is 9.98. The van der Waals surface area contributed by atoms with Gasteiger partial charge in [-0.3, -0.25) is 4.90 Å². The van der Waals surface area contributed by atoms with Crippen LogP contribution in [0.2, 0.25) is 0 Å². The Kier molecular flexibility index (Phi) is 5.58. The third-order valence-corrected chi connectivity index (χ3v) is 4.57. The van der Waals surface area contributed by atoms with Gasteiger partial charge in [0.1, 0.15) is 0 Å². The zero-order valence-electron chi connectivity index (χ0n) is 12.9. The van der Waals surface area contributed by atoms with Crippen molar-refractivity contribution in [3.63, 3.8) is 0 Å². The summed E-state index contributed by atoms with van der Waals surface area (Å²) < 4.78 is 5.40. The van der Waals surface area contributed by atoms with Crippen LogP contribution in [0.25, 0.3) is 0 Å². The van der Waals surface area contributed by atoms with E-state index in [-0.39, 0.29) is 6.04 Å². The molecule has 112 valence electrons. The summed E-state index contributed by atoms with van der Waals surface area (Å²) in [6, 6.07) is 8.49. The van der Waals surface area contributed by atoms with Gasteiger partial charge in [-0.05, 0) is 37.3 Å². The first kappa shape index (κ1) is 15.5. The monoisotopic (exact) mass is 277 g/mol. The molecule has 0 radical (unpaired) electrons.